The van der Waals surface area contributed by atoms with Crippen molar-refractivity contribution in [1.82, 2.24) is 10.6 Å². The number of guanidine groups is 1. The maximum atomic E-state index is 5.57. The third kappa shape index (κ3) is 6.73. The van der Waals surface area contributed by atoms with Crippen molar-refractivity contribution in [1.29, 1.82) is 0 Å². The Balaban J connectivity index is 2.34. The van der Waals surface area contributed by atoms with Gasteiger partial charge < -0.3 is 15.4 Å². The molecule has 0 spiro atoms. The van der Waals surface area contributed by atoms with Crippen LogP contribution < -0.4 is 15.4 Å². The highest BCUT2D eigenvalue weighted by Crippen LogP contribution is 2.15. The van der Waals surface area contributed by atoms with Gasteiger partial charge in [-0.15, -0.1) is 6.42 Å². The van der Waals surface area contributed by atoms with Crippen LogP contribution in [-0.4, -0.2) is 32.2 Å². The van der Waals surface area contributed by atoms with E-state index in [0.29, 0.717) is 25.7 Å². The van der Waals surface area contributed by atoms with Gasteiger partial charge in [-0.1, -0.05) is 21.9 Å². The minimum Gasteiger partial charge on any atom is -0.492 e. The van der Waals surface area contributed by atoms with E-state index in [2.05, 4.69) is 37.5 Å². The summed E-state index contributed by atoms with van der Waals surface area (Å²) in [7, 11) is 0. The smallest absolute Gasteiger partial charge is 0.192 e. The molecule has 0 fully saturated rings. The fraction of sp³-hybridized carbons (Fsp3) is 0.357. The molecule has 4 nitrogen and oxygen atoms in total. The van der Waals surface area contributed by atoms with E-state index < -0.39 is 0 Å². The number of rotatable bonds is 6. The molecule has 0 aromatic heterocycles. The molecular weight excluding hydrogens is 306 g/mol. The molecule has 0 aliphatic carbocycles. The number of benzene rings is 1. The topological polar surface area (TPSA) is 45.7 Å². The normalized spacial score (nSPS) is 10.7. The van der Waals surface area contributed by atoms with Crippen LogP contribution in [0.1, 0.15) is 6.92 Å². The van der Waals surface area contributed by atoms with Crippen molar-refractivity contribution in [3.05, 3.63) is 28.7 Å². The van der Waals surface area contributed by atoms with E-state index in [1.807, 2.05) is 31.2 Å². The Morgan fingerprint density at radius 1 is 1.37 bits per heavy atom. The molecule has 1 rings (SSSR count). The van der Waals surface area contributed by atoms with Crippen LogP contribution in [0.4, 0.5) is 0 Å². The highest BCUT2D eigenvalue weighted by molar-refractivity contribution is 9.10. The van der Waals surface area contributed by atoms with Gasteiger partial charge in [0.25, 0.3) is 0 Å². The maximum absolute atomic E-state index is 5.57. The van der Waals surface area contributed by atoms with Crippen LogP contribution in [0.15, 0.2) is 33.7 Å². The second-order valence-electron chi connectivity index (χ2n) is 3.62. The lowest BCUT2D eigenvalue weighted by Crippen LogP contribution is -2.37. The Kier molecular flexibility index (Phi) is 7.52. The molecule has 0 aliphatic rings. The molecule has 1 aromatic carbocycles. The van der Waals surface area contributed by atoms with Crippen molar-refractivity contribution < 1.29 is 4.74 Å². The van der Waals surface area contributed by atoms with Crippen molar-refractivity contribution in [3.63, 3.8) is 0 Å². The number of aliphatic imine (C=N–C) groups is 1. The van der Waals surface area contributed by atoms with Crippen LogP contribution in [0.3, 0.4) is 0 Å². The van der Waals surface area contributed by atoms with Gasteiger partial charge in [-0.25, -0.2) is 4.99 Å². The molecule has 0 amide bonds. The fourth-order valence-electron chi connectivity index (χ4n) is 1.33. The van der Waals surface area contributed by atoms with Crippen molar-refractivity contribution >= 4 is 21.9 Å². The van der Waals surface area contributed by atoms with Crippen LogP contribution in [0.2, 0.25) is 0 Å². The zero-order chi connectivity index (χ0) is 13.9. The third-order valence-electron chi connectivity index (χ3n) is 2.15. The quantitative estimate of drug-likeness (QED) is 0.364. The second kappa shape index (κ2) is 9.29. The van der Waals surface area contributed by atoms with Crippen LogP contribution >= 0.6 is 15.9 Å². The highest BCUT2D eigenvalue weighted by atomic mass is 79.9. The monoisotopic (exact) mass is 323 g/mol. The van der Waals surface area contributed by atoms with E-state index in [0.717, 1.165) is 16.8 Å². The molecule has 0 saturated heterocycles. The SMILES string of the molecule is C#CCNC(=NCCOc1ccc(Br)cc1)NCC. The molecule has 0 aliphatic heterocycles. The lowest BCUT2D eigenvalue weighted by Gasteiger charge is -2.09. The molecule has 19 heavy (non-hydrogen) atoms. The molecule has 0 unspecified atom stereocenters. The Bertz CT molecular complexity index is 437. The Hall–Kier alpha value is -1.67. The van der Waals surface area contributed by atoms with Gasteiger partial charge in [0.05, 0.1) is 13.1 Å². The average molecular weight is 324 g/mol. The van der Waals surface area contributed by atoms with Crippen molar-refractivity contribution in [2.75, 3.05) is 26.2 Å². The summed E-state index contributed by atoms with van der Waals surface area (Å²) in [6.07, 6.45) is 5.19. The molecule has 0 radical (unpaired) electrons. The average Bonchev–Trinajstić information content (AvgIpc) is 2.42. The van der Waals surface area contributed by atoms with Gasteiger partial charge in [0, 0.05) is 11.0 Å². The molecule has 5 heteroatoms. The Morgan fingerprint density at radius 2 is 2.11 bits per heavy atom. The number of nitrogens with zero attached hydrogens (tertiary/aromatic N) is 1. The van der Waals surface area contributed by atoms with Crippen LogP contribution in [-0.2, 0) is 0 Å². The summed E-state index contributed by atoms with van der Waals surface area (Å²) in [5.74, 6) is 4.05. The van der Waals surface area contributed by atoms with Crippen LogP contribution in [0, 0.1) is 12.3 Å². The summed E-state index contributed by atoms with van der Waals surface area (Å²) < 4.78 is 6.60. The molecule has 2 N–H and O–H groups in total. The molecule has 1 aromatic rings. The first-order valence-corrected chi connectivity index (χ1v) is 6.89. The summed E-state index contributed by atoms with van der Waals surface area (Å²) in [5.41, 5.74) is 0. The first-order valence-electron chi connectivity index (χ1n) is 6.10. The van der Waals surface area contributed by atoms with Gasteiger partial charge in [0.2, 0.25) is 0 Å². The number of nitrogens with one attached hydrogen (secondary N) is 2. The standard InChI is InChI=1S/C14H18BrN3O/c1-3-9-17-14(16-4-2)18-10-11-19-13-7-5-12(15)6-8-13/h1,5-8H,4,9-11H2,2H3,(H2,16,17,18). The predicted molar refractivity (Wildman–Crippen MR) is 82.5 cm³/mol. The van der Waals surface area contributed by atoms with E-state index in [1.165, 1.54) is 0 Å². The summed E-state index contributed by atoms with van der Waals surface area (Å²) in [5, 5.41) is 6.12. The van der Waals surface area contributed by atoms with Gasteiger partial charge in [0.1, 0.15) is 12.4 Å². The molecule has 0 heterocycles. The van der Waals surface area contributed by atoms with Crippen LogP contribution in [0.25, 0.3) is 0 Å². The number of hydrogen-bond donors (Lipinski definition) is 2. The van der Waals surface area contributed by atoms with E-state index in [9.17, 15) is 0 Å². The predicted octanol–water partition coefficient (Wildman–Crippen LogP) is 2.02. The van der Waals surface area contributed by atoms with Crippen LogP contribution in [0.5, 0.6) is 5.75 Å². The summed E-state index contributed by atoms with van der Waals surface area (Å²) >= 11 is 3.38. The maximum Gasteiger partial charge on any atom is 0.192 e. The van der Waals surface area contributed by atoms with E-state index in [4.69, 9.17) is 11.2 Å². The molecule has 0 atom stereocenters. The second-order valence-corrected chi connectivity index (χ2v) is 4.54. The minimum atomic E-state index is 0.458. The number of hydrogen-bond acceptors (Lipinski definition) is 2. The van der Waals surface area contributed by atoms with Gasteiger partial charge >= 0.3 is 0 Å². The lowest BCUT2D eigenvalue weighted by molar-refractivity contribution is 0.328. The largest absolute Gasteiger partial charge is 0.492 e. The fourth-order valence-corrected chi connectivity index (χ4v) is 1.59. The van der Waals surface area contributed by atoms with Gasteiger partial charge in [-0.05, 0) is 31.2 Å². The van der Waals surface area contributed by atoms with E-state index in [1.54, 1.807) is 0 Å². The lowest BCUT2D eigenvalue weighted by atomic mass is 10.3. The molecular formula is C14H18BrN3O. The number of terminal acetylenes is 1. The van der Waals surface area contributed by atoms with Gasteiger partial charge in [0.15, 0.2) is 5.96 Å². The first-order chi connectivity index (χ1) is 9.26. The number of ether oxygens (including phenoxy) is 1. The molecule has 0 saturated carbocycles. The number of halogens is 1. The van der Waals surface area contributed by atoms with Gasteiger partial charge in [-0.3, -0.25) is 0 Å². The van der Waals surface area contributed by atoms with E-state index >= 15 is 0 Å². The third-order valence-corrected chi connectivity index (χ3v) is 2.67. The van der Waals surface area contributed by atoms with E-state index in [-0.39, 0.29) is 0 Å². The zero-order valence-corrected chi connectivity index (χ0v) is 12.5. The Morgan fingerprint density at radius 3 is 2.74 bits per heavy atom. The summed E-state index contributed by atoms with van der Waals surface area (Å²) in [6.45, 7) is 4.35. The van der Waals surface area contributed by atoms with Gasteiger partial charge in [-0.2, -0.15) is 0 Å². The summed E-state index contributed by atoms with van der Waals surface area (Å²) in [6, 6.07) is 7.71. The zero-order valence-electron chi connectivity index (χ0n) is 10.9. The highest BCUT2D eigenvalue weighted by Gasteiger charge is 1.96. The minimum absolute atomic E-state index is 0.458. The molecule has 102 valence electrons. The first kappa shape index (κ1) is 15.4. The summed E-state index contributed by atoms with van der Waals surface area (Å²) in [4.78, 5) is 4.35. The van der Waals surface area contributed by atoms with Crippen molar-refractivity contribution in [2.24, 2.45) is 4.99 Å². The Labute approximate surface area is 122 Å². The van der Waals surface area contributed by atoms with Crippen molar-refractivity contribution in [2.45, 2.75) is 6.92 Å². The molecule has 0 bridgehead atoms. The van der Waals surface area contributed by atoms with Crippen molar-refractivity contribution in [3.8, 4) is 18.1 Å².